The molecule has 0 saturated heterocycles. The molecular weight excluding hydrogens is 219 g/mol. The second-order valence-electron chi connectivity index (χ2n) is 3.57. The molecule has 2 aromatic carbocycles. The van der Waals surface area contributed by atoms with E-state index >= 15 is 0 Å². The van der Waals surface area contributed by atoms with Crippen LogP contribution in [0.1, 0.15) is 15.9 Å². The summed E-state index contributed by atoms with van der Waals surface area (Å²) in [6, 6.07) is 13.3. The van der Waals surface area contributed by atoms with E-state index in [1.165, 1.54) is 18.2 Å². The van der Waals surface area contributed by atoms with E-state index in [1.807, 2.05) is 18.2 Å². The molecule has 0 N–H and O–H groups in total. The molecule has 0 spiro atoms. The van der Waals surface area contributed by atoms with Crippen LogP contribution in [0.25, 0.3) is 0 Å². The Balaban J connectivity index is 2.11. The molecular formula is C14H11FO2. The molecule has 0 aliphatic carbocycles. The van der Waals surface area contributed by atoms with Gasteiger partial charge in [0.05, 0.1) is 0 Å². The van der Waals surface area contributed by atoms with Crippen molar-refractivity contribution in [1.29, 1.82) is 0 Å². The van der Waals surface area contributed by atoms with Crippen LogP contribution in [0.5, 0.6) is 5.75 Å². The number of rotatable bonds is 4. The molecule has 0 aliphatic rings. The minimum atomic E-state index is -0.369. The van der Waals surface area contributed by atoms with Crippen molar-refractivity contribution in [2.45, 2.75) is 6.61 Å². The molecule has 0 bridgehead atoms. The fraction of sp³-hybridized carbons (Fsp3) is 0.0714. The molecule has 2 rings (SSSR count). The van der Waals surface area contributed by atoms with Gasteiger partial charge in [-0.2, -0.15) is 0 Å². The summed E-state index contributed by atoms with van der Waals surface area (Å²) in [5, 5.41) is 0. The zero-order chi connectivity index (χ0) is 12.1. The Hall–Kier alpha value is -2.16. The largest absolute Gasteiger partial charge is 0.489 e. The van der Waals surface area contributed by atoms with Crippen molar-refractivity contribution in [3.05, 3.63) is 65.5 Å². The third-order valence-electron chi connectivity index (χ3n) is 2.34. The summed E-state index contributed by atoms with van der Waals surface area (Å²) in [6.45, 7) is 0.109. The van der Waals surface area contributed by atoms with Gasteiger partial charge in [-0.25, -0.2) is 4.39 Å². The number of ether oxygens (including phenoxy) is 1. The van der Waals surface area contributed by atoms with Crippen LogP contribution in [0, 0.1) is 5.82 Å². The van der Waals surface area contributed by atoms with E-state index in [0.717, 1.165) is 0 Å². The van der Waals surface area contributed by atoms with E-state index in [2.05, 4.69) is 0 Å². The molecule has 0 saturated carbocycles. The van der Waals surface area contributed by atoms with Gasteiger partial charge in [-0.1, -0.05) is 18.2 Å². The molecule has 86 valence electrons. The second-order valence-corrected chi connectivity index (χ2v) is 3.57. The van der Waals surface area contributed by atoms with Crippen molar-refractivity contribution in [3.8, 4) is 5.75 Å². The number of carbonyl (C=O) groups excluding carboxylic acids is 1. The number of hydrogen-bond acceptors (Lipinski definition) is 2. The molecule has 0 amide bonds. The molecule has 17 heavy (non-hydrogen) atoms. The van der Waals surface area contributed by atoms with E-state index in [9.17, 15) is 9.18 Å². The van der Waals surface area contributed by atoms with Crippen molar-refractivity contribution in [1.82, 2.24) is 0 Å². The Labute approximate surface area is 98.7 Å². The maximum Gasteiger partial charge on any atom is 0.150 e. The second kappa shape index (κ2) is 5.25. The van der Waals surface area contributed by atoms with Crippen LogP contribution in [-0.4, -0.2) is 6.29 Å². The number of benzene rings is 2. The third kappa shape index (κ3) is 2.91. The Morgan fingerprint density at radius 1 is 1.12 bits per heavy atom. The number of para-hydroxylation sites is 1. The molecule has 3 heteroatoms. The van der Waals surface area contributed by atoms with Crippen LogP contribution in [0.4, 0.5) is 4.39 Å². The van der Waals surface area contributed by atoms with Gasteiger partial charge >= 0.3 is 0 Å². The smallest absolute Gasteiger partial charge is 0.150 e. The highest BCUT2D eigenvalue weighted by Gasteiger charge is 2.04. The molecule has 0 atom stereocenters. The lowest BCUT2D eigenvalue weighted by molar-refractivity contribution is 0.112. The first kappa shape index (κ1) is 11.3. The van der Waals surface area contributed by atoms with E-state index in [1.54, 1.807) is 12.1 Å². The quantitative estimate of drug-likeness (QED) is 0.754. The number of halogens is 1. The lowest BCUT2D eigenvalue weighted by Crippen LogP contribution is -1.99. The first-order chi connectivity index (χ1) is 8.29. The van der Waals surface area contributed by atoms with Crippen LogP contribution in [0.15, 0.2) is 48.5 Å². The molecule has 0 aliphatic heterocycles. The standard InChI is InChI=1S/C14H11FO2/c15-14-7-6-11(9-16)8-12(14)10-17-13-4-2-1-3-5-13/h1-9H,10H2. The van der Waals surface area contributed by atoms with Crippen LogP contribution in [0.2, 0.25) is 0 Å². The number of hydrogen-bond donors (Lipinski definition) is 0. The van der Waals surface area contributed by atoms with Crippen LogP contribution in [-0.2, 0) is 6.61 Å². The van der Waals surface area contributed by atoms with E-state index in [-0.39, 0.29) is 12.4 Å². The van der Waals surface area contributed by atoms with Gasteiger partial charge in [0.2, 0.25) is 0 Å². The first-order valence-electron chi connectivity index (χ1n) is 5.21. The zero-order valence-electron chi connectivity index (χ0n) is 9.10. The van der Waals surface area contributed by atoms with Gasteiger partial charge in [0.1, 0.15) is 24.5 Å². The minimum Gasteiger partial charge on any atom is -0.489 e. The first-order valence-corrected chi connectivity index (χ1v) is 5.21. The lowest BCUT2D eigenvalue weighted by Gasteiger charge is -2.07. The number of aldehydes is 1. The fourth-order valence-electron chi connectivity index (χ4n) is 1.46. The average Bonchev–Trinajstić information content (AvgIpc) is 2.39. The summed E-state index contributed by atoms with van der Waals surface area (Å²) >= 11 is 0. The summed E-state index contributed by atoms with van der Waals surface area (Å²) in [5.41, 5.74) is 0.816. The Morgan fingerprint density at radius 3 is 2.59 bits per heavy atom. The summed E-state index contributed by atoms with van der Waals surface area (Å²) in [6.07, 6.45) is 0.686. The van der Waals surface area contributed by atoms with Gasteiger partial charge in [0.25, 0.3) is 0 Å². The highest BCUT2D eigenvalue weighted by Crippen LogP contribution is 2.14. The highest BCUT2D eigenvalue weighted by molar-refractivity contribution is 5.74. The van der Waals surface area contributed by atoms with Crippen LogP contribution >= 0.6 is 0 Å². The average molecular weight is 230 g/mol. The Kier molecular flexibility index (Phi) is 3.50. The van der Waals surface area contributed by atoms with Crippen LogP contribution in [0.3, 0.4) is 0 Å². The maximum atomic E-state index is 13.4. The minimum absolute atomic E-state index is 0.109. The molecule has 0 unspecified atom stereocenters. The van der Waals surface area contributed by atoms with Crippen molar-refractivity contribution in [2.24, 2.45) is 0 Å². The van der Waals surface area contributed by atoms with Gasteiger partial charge in [0.15, 0.2) is 0 Å². The summed E-state index contributed by atoms with van der Waals surface area (Å²) in [7, 11) is 0. The van der Waals surface area contributed by atoms with E-state index < -0.39 is 0 Å². The van der Waals surface area contributed by atoms with E-state index in [0.29, 0.717) is 23.2 Å². The summed E-state index contributed by atoms with van der Waals surface area (Å²) < 4.78 is 18.8. The van der Waals surface area contributed by atoms with Gasteiger partial charge < -0.3 is 4.74 Å². The van der Waals surface area contributed by atoms with Gasteiger partial charge in [-0.3, -0.25) is 4.79 Å². The van der Waals surface area contributed by atoms with Crippen molar-refractivity contribution < 1.29 is 13.9 Å². The monoisotopic (exact) mass is 230 g/mol. The predicted molar refractivity (Wildman–Crippen MR) is 62.6 cm³/mol. The van der Waals surface area contributed by atoms with E-state index in [4.69, 9.17) is 4.74 Å². The Morgan fingerprint density at radius 2 is 1.88 bits per heavy atom. The molecule has 0 radical (unpaired) electrons. The topological polar surface area (TPSA) is 26.3 Å². The zero-order valence-corrected chi connectivity index (χ0v) is 9.10. The molecule has 2 aromatic rings. The molecule has 2 nitrogen and oxygen atoms in total. The molecule has 0 heterocycles. The number of carbonyl (C=O) groups is 1. The van der Waals surface area contributed by atoms with Gasteiger partial charge in [-0.05, 0) is 30.3 Å². The predicted octanol–water partition coefficient (Wildman–Crippen LogP) is 3.22. The third-order valence-corrected chi connectivity index (χ3v) is 2.34. The van der Waals surface area contributed by atoms with Crippen LogP contribution < -0.4 is 4.74 Å². The lowest BCUT2D eigenvalue weighted by atomic mass is 10.1. The fourth-order valence-corrected chi connectivity index (χ4v) is 1.46. The van der Waals surface area contributed by atoms with Gasteiger partial charge in [0, 0.05) is 11.1 Å². The summed E-state index contributed by atoms with van der Waals surface area (Å²) in [5.74, 6) is 0.301. The maximum absolute atomic E-state index is 13.4. The van der Waals surface area contributed by atoms with Gasteiger partial charge in [-0.15, -0.1) is 0 Å². The molecule has 0 aromatic heterocycles. The van der Waals surface area contributed by atoms with Crippen molar-refractivity contribution in [2.75, 3.05) is 0 Å². The summed E-state index contributed by atoms with van der Waals surface area (Å²) in [4.78, 5) is 10.6. The SMILES string of the molecule is O=Cc1ccc(F)c(COc2ccccc2)c1. The van der Waals surface area contributed by atoms with Crippen molar-refractivity contribution >= 4 is 6.29 Å². The normalized spacial score (nSPS) is 9.94. The molecule has 0 fully saturated rings. The Bertz CT molecular complexity index is 509. The van der Waals surface area contributed by atoms with Crippen molar-refractivity contribution in [3.63, 3.8) is 0 Å². The highest BCUT2D eigenvalue weighted by atomic mass is 19.1.